The highest BCUT2D eigenvalue weighted by Crippen LogP contribution is 2.38. The quantitative estimate of drug-likeness (QED) is 0.652. The Morgan fingerprint density at radius 1 is 0.786 bits per heavy atom. The van der Waals surface area contributed by atoms with Gasteiger partial charge in [-0.25, -0.2) is 0 Å². The number of rotatable bonds is 2. The zero-order valence-electron chi connectivity index (χ0n) is 8.54. The Morgan fingerprint density at radius 2 is 1.14 bits per heavy atom. The summed E-state index contributed by atoms with van der Waals surface area (Å²) in [7, 11) is 0. The zero-order chi connectivity index (χ0) is 9.80. The molecule has 0 aliphatic heterocycles. The lowest BCUT2D eigenvalue weighted by molar-refractivity contribution is 0.886. The van der Waals surface area contributed by atoms with Crippen LogP contribution in [0.4, 0.5) is 0 Å². The normalized spacial score (nSPS) is 24.6. The number of thioether (sulfide) groups is 2. The van der Waals surface area contributed by atoms with Crippen LogP contribution in [0.2, 0.25) is 0 Å². The molecule has 2 aliphatic carbocycles. The van der Waals surface area contributed by atoms with Crippen molar-refractivity contribution in [1.82, 2.24) is 0 Å². The summed E-state index contributed by atoms with van der Waals surface area (Å²) in [6.07, 6.45) is 11.3. The summed E-state index contributed by atoms with van der Waals surface area (Å²) >= 11 is 9.43. The van der Waals surface area contributed by atoms with Gasteiger partial charge in [0.15, 0.2) is 0 Å². The standard InChI is InChI=1S/C11H18S3/c12-11(13-9-5-1-2-6-9)14-10-7-3-4-8-10/h9-10H,1-8H2. The van der Waals surface area contributed by atoms with Gasteiger partial charge in [0, 0.05) is 10.5 Å². The minimum Gasteiger partial charge on any atom is -0.104 e. The fourth-order valence-corrected chi connectivity index (χ4v) is 5.85. The summed E-state index contributed by atoms with van der Waals surface area (Å²) in [5.41, 5.74) is 0. The topological polar surface area (TPSA) is 0 Å². The van der Waals surface area contributed by atoms with Crippen LogP contribution in [0, 0.1) is 0 Å². The fraction of sp³-hybridized carbons (Fsp3) is 0.909. The summed E-state index contributed by atoms with van der Waals surface area (Å²) in [5.74, 6) is 0. The predicted octanol–water partition coefficient (Wildman–Crippen LogP) is 4.62. The fourth-order valence-electron chi connectivity index (χ4n) is 2.31. The third-order valence-electron chi connectivity index (χ3n) is 3.13. The SMILES string of the molecule is S=C(SC1CCCC1)SC1CCCC1. The first-order valence-electron chi connectivity index (χ1n) is 5.72. The van der Waals surface area contributed by atoms with E-state index in [0.29, 0.717) is 0 Å². The highest BCUT2D eigenvalue weighted by atomic mass is 32.2. The van der Waals surface area contributed by atoms with Crippen molar-refractivity contribution in [1.29, 1.82) is 0 Å². The van der Waals surface area contributed by atoms with Gasteiger partial charge < -0.3 is 0 Å². The smallest absolute Gasteiger partial charge is 0.104 e. The molecule has 0 spiro atoms. The van der Waals surface area contributed by atoms with E-state index in [-0.39, 0.29) is 0 Å². The van der Waals surface area contributed by atoms with E-state index in [0.717, 1.165) is 10.5 Å². The van der Waals surface area contributed by atoms with Crippen LogP contribution in [-0.4, -0.2) is 14.0 Å². The third-order valence-corrected chi connectivity index (χ3v) is 6.28. The molecule has 0 heterocycles. The van der Waals surface area contributed by atoms with Gasteiger partial charge in [-0.15, -0.1) is 23.5 Å². The van der Waals surface area contributed by atoms with Crippen LogP contribution in [0.3, 0.4) is 0 Å². The van der Waals surface area contributed by atoms with Crippen molar-refractivity contribution < 1.29 is 0 Å². The van der Waals surface area contributed by atoms with E-state index < -0.39 is 0 Å². The lowest BCUT2D eigenvalue weighted by Crippen LogP contribution is -2.02. The van der Waals surface area contributed by atoms with E-state index in [9.17, 15) is 0 Å². The van der Waals surface area contributed by atoms with Gasteiger partial charge in [-0.3, -0.25) is 0 Å². The Kier molecular flexibility index (Phi) is 4.64. The third kappa shape index (κ3) is 3.42. The Balaban J connectivity index is 1.66. The lowest BCUT2D eigenvalue weighted by Gasteiger charge is -2.12. The number of hydrogen-bond donors (Lipinski definition) is 0. The minimum atomic E-state index is 0.858. The Morgan fingerprint density at radius 3 is 1.50 bits per heavy atom. The molecule has 0 radical (unpaired) electrons. The number of thiocarbonyl (C=S) groups is 1. The molecule has 2 aliphatic rings. The van der Waals surface area contributed by atoms with Crippen molar-refractivity contribution in [3.63, 3.8) is 0 Å². The first-order valence-corrected chi connectivity index (χ1v) is 7.88. The molecule has 0 unspecified atom stereocenters. The van der Waals surface area contributed by atoms with Gasteiger partial charge in [-0.2, -0.15) is 0 Å². The predicted molar refractivity (Wildman–Crippen MR) is 72.3 cm³/mol. The van der Waals surface area contributed by atoms with Crippen molar-refractivity contribution in [2.75, 3.05) is 0 Å². The molecule has 2 fully saturated rings. The van der Waals surface area contributed by atoms with Crippen LogP contribution >= 0.6 is 35.7 Å². The van der Waals surface area contributed by atoms with Crippen molar-refractivity contribution >= 4 is 39.3 Å². The molecule has 0 atom stereocenters. The van der Waals surface area contributed by atoms with Crippen LogP contribution < -0.4 is 0 Å². The maximum absolute atomic E-state index is 5.45. The summed E-state index contributed by atoms with van der Waals surface area (Å²) in [6.45, 7) is 0. The van der Waals surface area contributed by atoms with E-state index in [1.807, 2.05) is 23.5 Å². The molecular formula is C11H18S3. The zero-order valence-corrected chi connectivity index (χ0v) is 11.0. The van der Waals surface area contributed by atoms with Gasteiger partial charge in [0.1, 0.15) is 3.53 Å². The highest BCUT2D eigenvalue weighted by molar-refractivity contribution is 8.47. The summed E-state index contributed by atoms with van der Waals surface area (Å²) in [6, 6.07) is 0. The van der Waals surface area contributed by atoms with Gasteiger partial charge in [0.25, 0.3) is 0 Å². The molecule has 0 aromatic rings. The van der Waals surface area contributed by atoms with E-state index in [4.69, 9.17) is 12.2 Å². The van der Waals surface area contributed by atoms with E-state index in [1.54, 1.807) is 0 Å². The van der Waals surface area contributed by atoms with Gasteiger partial charge in [-0.1, -0.05) is 37.9 Å². The van der Waals surface area contributed by atoms with Gasteiger partial charge in [0.2, 0.25) is 0 Å². The van der Waals surface area contributed by atoms with Gasteiger partial charge in [-0.05, 0) is 25.7 Å². The maximum atomic E-state index is 5.45. The Hall–Kier alpha value is 0.790. The molecule has 80 valence electrons. The Bertz CT molecular complexity index is 171. The molecule has 0 nitrogen and oxygen atoms in total. The molecule has 14 heavy (non-hydrogen) atoms. The van der Waals surface area contributed by atoms with Crippen LogP contribution in [0.25, 0.3) is 0 Å². The first kappa shape index (κ1) is 11.3. The molecule has 0 N–H and O–H groups in total. The second-order valence-electron chi connectivity index (χ2n) is 4.30. The lowest BCUT2D eigenvalue weighted by atomic mass is 10.4. The molecule has 0 bridgehead atoms. The van der Waals surface area contributed by atoms with Crippen molar-refractivity contribution in [2.45, 2.75) is 61.9 Å². The van der Waals surface area contributed by atoms with Crippen LogP contribution in [0.1, 0.15) is 51.4 Å². The molecule has 0 aromatic carbocycles. The summed E-state index contributed by atoms with van der Waals surface area (Å²) in [5, 5.41) is 1.72. The summed E-state index contributed by atoms with van der Waals surface area (Å²) in [4.78, 5) is 0. The van der Waals surface area contributed by atoms with Gasteiger partial charge in [0.05, 0.1) is 0 Å². The second-order valence-corrected chi connectivity index (χ2v) is 8.10. The van der Waals surface area contributed by atoms with E-state index in [2.05, 4.69) is 0 Å². The maximum Gasteiger partial charge on any atom is 0.104 e. The molecule has 3 heteroatoms. The average Bonchev–Trinajstić information content (AvgIpc) is 2.76. The summed E-state index contributed by atoms with van der Waals surface area (Å²) < 4.78 is 1.23. The minimum absolute atomic E-state index is 0.858. The average molecular weight is 246 g/mol. The van der Waals surface area contributed by atoms with Crippen molar-refractivity contribution in [3.8, 4) is 0 Å². The van der Waals surface area contributed by atoms with Crippen LogP contribution in [-0.2, 0) is 0 Å². The van der Waals surface area contributed by atoms with Crippen LogP contribution in [0.5, 0.6) is 0 Å². The van der Waals surface area contributed by atoms with E-state index in [1.165, 1.54) is 54.9 Å². The van der Waals surface area contributed by atoms with Crippen LogP contribution in [0.15, 0.2) is 0 Å². The molecule has 2 rings (SSSR count). The first-order chi connectivity index (χ1) is 6.84. The van der Waals surface area contributed by atoms with E-state index >= 15 is 0 Å². The van der Waals surface area contributed by atoms with Gasteiger partial charge >= 0.3 is 0 Å². The monoisotopic (exact) mass is 246 g/mol. The molecular weight excluding hydrogens is 228 g/mol. The van der Waals surface area contributed by atoms with Crippen molar-refractivity contribution in [3.05, 3.63) is 0 Å². The highest BCUT2D eigenvalue weighted by Gasteiger charge is 2.21. The molecule has 0 amide bonds. The largest absolute Gasteiger partial charge is 0.104 e. The molecule has 2 saturated carbocycles. The molecule has 0 aromatic heterocycles. The number of hydrogen-bond acceptors (Lipinski definition) is 3. The Labute approximate surface area is 101 Å². The molecule has 0 saturated heterocycles. The second kappa shape index (κ2) is 5.76. The van der Waals surface area contributed by atoms with Crippen molar-refractivity contribution in [2.24, 2.45) is 0 Å².